The summed E-state index contributed by atoms with van der Waals surface area (Å²) >= 11 is 0. The fraction of sp³-hybridized carbons (Fsp3) is 0.207. The van der Waals surface area contributed by atoms with Crippen molar-refractivity contribution >= 4 is 11.6 Å². The van der Waals surface area contributed by atoms with E-state index in [2.05, 4.69) is 34.5 Å². The summed E-state index contributed by atoms with van der Waals surface area (Å²) in [5, 5.41) is 7.24. The van der Waals surface area contributed by atoms with Crippen molar-refractivity contribution in [1.82, 2.24) is 20.4 Å². The van der Waals surface area contributed by atoms with Crippen LogP contribution in [0.5, 0.6) is 5.75 Å². The van der Waals surface area contributed by atoms with Crippen LogP contribution in [0.25, 0.3) is 17.0 Å². The summed E-state index contributed by atoms with van der Waals surface area (Å²) in [6.07, 6.45) is 0.944. The molecule has 2 amide bonds. The molecule has 0 radical (unpaired) electrons. The van der Waals surface area contributed by atoms with E-state index < -0.39 is 6.04 Å². The van der Waals surface area contributed by atoms with Crippen LogP contribution in [0.2, 0.25) is 0 Å². The van der Waals surface area contributed by atoms with Crippen LogP contribution in [0.1, 0.15) is 42.5 Å². The molecule has 0 fully saturated rings. The molecule has 4 aromatic rings. The number of urea groups is 1. The predicted octanol–water partition coefficient (Wildman–Crippen LogP) is 6.14. The highest BCUT2D eigenvalue weighted by Crippen LogP contribution is 2.38. The van der Waals surface area contributed by atoms with E-state index in [1.165, 1.54) is 17.7 Å². The van der Waals surface area contributed by atoms with Crippen LogP contribution in [0.3, 0.4) is 0 Å². The Bertz CT molecular complexity index is 1440. The van der Waals surface area contributed by atoms with Gasteiger partial charge in [-0.15, -0.1) is 0 Å². The SMILES string of the molecule is CCc1ccc(CN2C(=O)NC(c3ccc(F)cc3)C(c3nc(-c4cccc(OC)c4)no3)=C2C)cc1. The summed E-state index contributed by atoms with van der Waals surface area (Å²) in [6, 6.07) is 20.7. The lowest BCUT2D eigenvalue weighted by Gasteiger charge is -2.35. The number of aromatic nitrogens is 2. The van der Waals surface area contributed by atoms with Gasteiger partial charge in [0.15, 0.2) is 0 Å². The highest BCUT2D eigenvalue weighted by Gasteiger charge is 2.35. The number of nitrogens with zero attached hydrogens (tertiary/aromatic N) is 3. The van der Waals surface area contributed by atoms with E-state index in [-0.39, 0.29) is 17.7 Å². The molecule has 37 heavy (non-hydrogen) atoms. The van der Waals surface area contributed by atoms with Crippen LogP contribution in [0.4, 0.5) is 9.18 Å². The lowest BCUT2D eigenvalue weighted by molar-refractivity contribution is 0.203. The first-order valence-corrected chi connectivity index (χ1v) is 12.1. The van der Waals surface area contributed by atoms with Crippen molar-refractivity contribution < 1.29 is 18.4 Å². The smallest absolute Gasteiger partial charge is 0.322 e. The van der Waals surface area contributed by atoms with E-state index in [4.69, 9.17) is 9.26 Å². The Morgan fingerprint density at radius 3 is 2.49 bits per heavy atom. The molecule has 7 nitrogen and oxygen atoms in total. The van der Waals surface area contributed by atoms with E-state index in [0.29, 0.717) is 35.0 Å². The van der Waals surface area contributed by atoms with Crippen LogP contribution < -0.4 is 10.1 Å². The molecular formula is C29H27FN4O3. The molecule has 1 atom stereocenters. The Morgan fingerprint density at radius 1 is 1.05 bits per heavy atom. The number of rotatable bonds is 7. The largest absolute Gasteiger partial charge is 0.497 e. The molecule has 2 heterocycles. The first kappa shape index (κ1) is 24.2. The first-order valence-electron chi connectivity index (χ1n) is 12.1. The Hall–Kier alpha value is -4.46. The van der Waals surface area contributed by atoms with Crippen molar-refractivity contribution in [1.29, 1.82) is 0 Å². The maximum absolute atomic E-state index is 13.7. The average Bonchev–Trinajstić information content (AvgIpc) is 3.41. The maximum atomic E-state index is 13.7. The van der Waals surface area contributed by atoms with Gasteiger partial charge in [-0.05, 0) is 54.3 Å². The minimum absolute atomic E-state index is 0.261. The van der Waals surface area contributed by atoms with Gasteiger partial charge < -0.3 is 14.6 Å². The molecule has 0 spiro atoms. The number of aryl methyl sites for hydroxylation is 1. The van der Waals surface area contributed by atoms with Gasteiger partial charge in [-0.3, -0.25) is 4.90 Å². The number of allylic oxidation sites excluding steroid dienone is 1. The number of amides is 2. The number of carbonyl (C=O) groups is 1. The highest BCUT2D eigenvalue weighted by molar-refractivity contribution is 5.86. The van der Waals surface area contributed by atoms with Crippen LogP contribution in [0.15, 0.2) is 83.0 Å². The van der Waals surface area contributed by atoms with Gasteiger partial charge in [-0.2, -0.15) is 4.98 Å². The molecule has 0 saturated carbocycles. The molecule has 5 rings (SSSR count). The van der Waals surface area contributed by atoms with E-state index in [1.807, 2.05) is 43.3 Å². The summed E-state index contributed by atoms with van der Waals surface area (Å²) in [7, 11) is 1.59. The molecule has 188 valence electrons. The van der Waals surface area contributed by atoms with Gasteiger partial charge in [0.1, 0.15) is 11.6 Å². The Kier molecular flexibility index (Phi) is 6.72. The van der Waals surface area contributed by atoms with Gasteiger partial charge in [0.05, 0.1) is 25.3 Å². The van der Waals surface area contributed by atoms with Crippen molar-refractivity contribution in [2.45, 2.75) is 32.9 Å². The average molecular weight is 499 g/mol. The molecule has 0 saturated heterocycles. The second-order valence-corrected chi connectivity index (χ2v) is 8.84. The second kappa shape index (κ2) is 10.3. The van der Waals surface area contributed by atoms with Gasteiger partial charge in [-0.1, -0.05) is 60.6 Å². The molecule has 1 aliphatic heterocycles. The number of carbonyl (C=O) groups excluding carboxylic acids is 1. The van der Waals surface area contributed by atoms with Gasteiger partial charge in [0.25, 0.3) is 5.89 Å². The zero-order chi connectivity index (χ0) is 25.9. The number of nitrogens with one attached hydrogen (secondary N) is 1. The molecule has 0 aliphatic carbocycles. The molecule has 0 bridgehead atoms. The fourth-order valence-corrected chi connectivity index (χ4v) is 4.43. The third-order valence-corrected chi connectivity index (χ3v) is 6.56. The molecule has 3 aromatic carbocycles. The minimum atomic E-state index is -0.592. The monoisotopic (exact) mass is 498 g/mol. The van der Waals surface area contributed by atoms with Crippen molar-refractivity contribution in [3.8, 4) is 17.1 Å². The molecule has 1 N–H and O–H groups in total. The van der Waals surface area contributed by atoms with Crippen molar-refractivity contribution in [3.63, 3.8) is 0 Å². The summed E-state index contributed by atoms with van der Waals surface area (Å²) in [6.45, 7) is 4.34. The summed E-state index contributed by atoms with van der Waals surface area (Å²) in [5.41, 5.74) is 4.99. The molecule has 1 aromatic heterocycles. The van der Waals surface area contributed by atoms with E-state index in [0.717, 1.165) is 17.5 Å². The van der Waals surface area contributed by atoms with Gasteiger partial charge >= 0.3 is 6.03 Å². The Labute approximate surface area is 214 Å². The zero-order valence-corrected chi connectivity index (χ0v) is 20.9. The summed E-state index contributed by atoms with van der Waals surface area (Å²) < 4.78 is 24.7. The number of hydrogen-bond donors (Lipinski definition) is 1. The third-order valence-electron chi connectivity index (χ3n) is 6.56. The van der Waals surface area contributed by atoms with E-state index in [9.17, 15) is 9.18 Å². The number of methoxy groups -OCH3 is 1. The van der Waals surface area contributed by atoms with E-state index in [1.54, 1.807) is 24.1 Å². The molecule has 8 heteroatoms. The van der Waals surface area contributed by atoms with Crippen LogP contribution in [0, 0.1) is 5.82 Å². The molecular weight excluding hydrogens is 471 g/mol. The lowest BCUT2D eigenvalue weighted by Crippen LogP contribution is -2.45. The van der Waals surface area contributed by atoms with Crippen molar-refractivity contribution in [2.75, 3.05) is 7.11 Å². The number of halogens is 1. The molecule has 1 unspecified atom stereocenters. The number of benzene rings is 3. The summed E-state index contributed by atoms with van der Waals surface area (Å²) in [4.78, 5) is 19.6. The van der Waals surface area contributed by atoms with Gasteiger partial charge in [0, 0.05) is 11.3 Å². The standard InChI is InChI=1S/C29H27FN4O3/c1-4-19-8-10-20(11-9-19)17-34-18(2)25(26(31-29(34)35)21-12-14-23(30)15-13-21)28-32-27(33-37-28)22-6-5-7-24(16-22)36-3/h5-16,26H,4,17H2,1-3H3,(H,31,35). The number of ether oxygens (including phenoxy) is 1. The van der Waals surface area contributed by atoms with Gasteiger partial charge in [-0.25, -0.2) is 9.18 Å². The summed E-state index contributed by atoms with van der Waals surface area (Å²) in [5.74, 6) is 0.985. The van der Waals surface area contributed by atoms with Crippen molar-refractivity contribution in [2.24, 2.45) is 0 Å². The topological polar surface area (TPSA) is 80.5 Å². The Morgan fingerprint density at radius 2 is 1.78 bits per heavy atom. The minimum Gasteiger partial charge on any atom is -0.497 e. The maximum Gasteiger partial charge on any atom is 0.322 e. The number of hydrogen-bond acceptors (Lipinski definition) is 5. The predicted molar refractivity (Wildman–Crippen MR) is 138 cm³/mol. The lowest BCUT2D eigenvalue weighted by atomic mass is 9.94. The molecule has 1 aliphatic rings. The second-order valence-electron chi connectivity index (χ2n) is 8.84. The van der Waals surface area contributed by atoms with Crippen molar-refractivity contribution in [3.05, 3.63) is 107 Å². The normalized spacial score (nSPS) is 15.6. The Balaban J connectivity index is 1.57. The van der Waals surface area contributed by atoms with Crippen LogP contribution in [-0.4, -0.2) is 28.2 Å². The zero-order valence-electron chi connectivity index (χ0n) is 20.9. The van der Waals surface area contributed by atoms with Crippen LogP contribution >= 0.6 is 0 Å². The van der Waals surface area contributed by atoms with Crippen LogP contribution in [-0.2, 0) is 13.0 Å². The van der Waals surface area contributed by atoms with E-state index >= 15 is 0 Å². The first-order chi connectivity index (χ1) is 18.0. The third kappa shape index (κ3) is 4.95. The fourth-order valence-electron chi connectivity index (χ4n) is 4.43. The highest BCUT2D eigenvalue weighted by atomic mass is 19.1. The quantitative estimate of drug-likeness (QED) is 0.331. The van der Waals surface area contributed by atoms with Gasteiger partial charge in [0.2, 0.25) is 5.82 Å².